The molecule has 104 valence electrons. The molecule has 0 saturated carbocycles. The molecule has 0 radical (unpaired) electrons. The number of aromatic carboxylic acids is 1. The van der Waals surface area contributed by atoms with E-state index >= 15 is 0 Å². The van der Waals surface area contributed by atoms with Crippen molar-refractivity contribution in [1.82, 2.24) is 0 Å². The first-order valence-corrected chi connectivity index (χ1v) is 7.35. The fourth-order valence-electron chi connectivity index (χ4n) is 1.57. The summed E-state index contributed by atoms with van der Waals surface area (Å²) in [7, 11) is 0. The monoisotopic (exact) mass is 358 g/mol. The largest absolute Gasteiger partial charge is 0.478 e. The highest BCUT2D eigenvalue weighted by atomic mass is 79.9. The van der Waals surface area contributed by atoms with E-state index in [1.165, 1.54) is 36.0 Å². The molecule has 2 aromatic carbocycles. The molecule has 1 N–H and O–H groups in total. The average Bonchev–Trinajstić information content (AvgIpc) is 2.41. The lowest BCUT2D eigenvalue weighted by Crippen LogP contribution is -2.00. The minimum absolute atomic E-state index is 0.339. The SMILES string of the molecule is O=C(O)c1cc(SCc2cc(F)ccc2Br)ccc1F. The third-order valence-electron chi connectivity index (χ3n) is 2.57. The molecule has 2 nitrogen and oxygen atoms in total. The second-order valence-corrected chi connectivity index (χ2v) is 5.87. The Bertz CT molecular complexity index is 662. The molecule has 0 unspecified atom stereocenters. The number of hydrogen-bond donors (Lipinski definition) is 1. The van der Waals surface area contributed by atoms with Crippen molar-refractivity contribution in [2.75, 3.05) is 0 Å². The van der Waals surface area contributed by atoms with E-state index < -0.39 is 11.8 Å². The van der Waals surface area contributed by atoms with Crippen LogP contribution in [-0.4, -0.2) is 11.1 Å². The van der Waals surface area contributed by atoms with Gasteiger partial charge in [-0.3, -0.25) is 0 Å². The Labute approximate surface area is 126 Å². The highest BCUT2D eigenvalue weighted by Crippen LogP contribution is 2.28. The van der Waals surface area contributed by atoms with Crippen LogP contribution >= 0.6 is 27.7 Å². The maximum Gasteiger partial charge on any atom is 0.338 e. The summed E-state index contributed by atoms with van der Waals surface area (Å²) in [5, 5.41) is 8.85. The molecule has 2 aromatic rings. The summed E-state index contributed by atoms with van der Waals surface area (Å²) in [6, 6.07) is 8.25. The Kier molecular flexibility index (Phi) is 4.77. The van der Waals surface area contributed by atoms with Gasteiger partial charge in [0.15, 0.2) is 0 Å². The van der Waals surface area contributed by atoms with Gasteiger partial charge in [-0.1, -0.05) is 15.9 Å². The van der Waals surface area contributed by atoms with Crippen LogP contribution in [0.1, 0.15) is 15.9 Å². The van der Waals surface area contributed by atoms with Crippen LogP contribution in [-0.2, 0) is 5.75 Å². The average molecular weight is 359 g/mol. The van der Waals surface area contributed by atoms with Crippen molar-refractivity contribution >= 4 is 33.7 Å². The van der Waals surface area contributed by atoms with Crippen LogP contribution in [0.5, 0.6) is 0 Å². The molecule has 0 saturated heterocycles. The summed E-state index contributed by atoms with van der Waals surface area (Å²) in [6.07, 6.45) is 0. The minimum Gasteiger partial charge on any atom is -0.478 e. The number of carboxylic acids is 1. The van der Waals surface area contributed by atoms with Gasteiger partial charge in [0.25, 0.3) is 0 Å². The Hall–Kier alpha value is -1.40. The lowest BCUT2D eigenvalue weighted by molar-refractivity contribution is 0.0691. The van der Waals surface area contributed by atoms with Crippen LogP contribution in [0.25, 0.3) is 0 Å². The Morgan fingerprint density at radius 1 is 1.20 bits per heavy atom. The molecule has 0 amide bonds. The number of thioether (sulfide) groups is 1. The molecule has 0 heterocycles. The van der Waals surface area contributed by atoms with Gasteiger partial charge in [-0.05, 0) is 42.0 Å². The topological polar surface area (TPSA) is 37.3 Å². The molecule has 0 aliphatic heterocycles. The molecule has 2 rings (SSSR count). The lowest BCUT2D eigenvalue weighted by atomic mass is 10.2. The van der Waals surface area contributed by atoms with Gasteiger partial charge in [0.2, 0.25) is 0 Å². The lowest BCUT2D eigenvalue weighted by Gasteiger charge is -2.06. The van der Waals surface area contributed by atoms with E-state index in [0.717, 1.165) is 16.1 Å². The van der Waals surface area contributed by atoms with E-state index in [9.17, 15) is 13.6 Å². The molecule has 0 aliphatic carbocycles. The van der Waals surface area contributed by atoms with Gasteiger partial charge >= 0.3 is 5.97 Å². The van der Waals surface area contributed by atoms with Crippen LogP contribution in [0, 0.1) is 11.6 Å². The molecule has 0 atom stereocenters. The number of halogens is 3. The van der Waals surface area contributed by atoms with Gasteiger partial charge in [-0.2, -0.15) is 0 Å². The highest BCUT2D eigenvalue weighted by molar-refractivity contribution is 9.10. The zero-order valence-corrected chi connectivity index (χ0v) is 12.5. The third-order valence-corrected chi connectivity index (χ3v) is 4.39. The van der Waals surface area contributed by atoms with Crippen LogP contribution in [0.15, 0.2) is 45.8 Å². The van der Waals surface area contributed by atoms with Crippen molar-refractivity contribution in [3.05, 3.63) is 63.6 Å². The quantitative estimate of drug-likeness (QED) is 0.803. The number of hydrogen-bond acceptors (Lipinski definition) is 2. The van der Waals surface area contributed by atoms with Gasteiger partial charge in [-0.25, -0.2) is 13.6 Å². The van der Waals surface area contributed by atoms with Crippen molar-refractivity contribution in [2.45, 2.75) is 10.6 Å². The Balaban J connectivity index is 2.17. The van der Waals surface area contributed by atoms with Crippen molar-refractivity contribution < 1.29 is 18.7 Å². The van der Waals surface area contributed by atoms with E-state index in [0.29, 0.717) is 10.6 Å². The predicted molar refractivity (Wildman–Crippen MR) is 77.0 cm³/mol. The van der Waals surface area contributed by atoms with E-state index in [1.807, 2.05) is 0 Å². The van der Waals surface area contributed by atoms with Crippen molar-refractivity contribution in [3.8, 4) is 0 Å². The number of carboxylic acid groups (broad SMARTS) is 1. The first-order valence-electron chi connectivity index (χ1n) is 5.57. The summed E-state index contributed by atoms with van der Waals surface area (Å²) in [6.45, 7) is 0. The van der Waals surface area contributed by atoms with Crippen LogP contribution in [0.2, 0.25) is 0 Å². The van der Waals surface area contributed by atoms with E-state index in [1.54, 1.807) is 6.07 Å². The van der Waals surface area contributed by atoms with Crippen LogP contribution in [0.3, 0.4) is 0 Å². The number of benzene rings is 2. The third kappa shape index (κ3) is 3.58. The Morgan fingerprint density at radius 2 is 1.95 bits per heavy atom. The van der Waals surface area contributed by atoms with E-state index in [2.05, 4.69) is 15.9 Å². The smallest absolute Gasteiger partial charge is 0.338 e. The van der Waals surface area contributed by atoms with Gasteiger partial charge in [-0.15, -0.1) is 11.8 Å². The normalized spacial score (nSPS) is 10.6. The molecule has 0 aliphatic rings. The summed E-state index contributed by atoms with van der Waals surface area (Å²) in [5.41, 5.74) is 0.379. The summed E-state index contributed by atoms with van der Waals surface area (Å²) < 4.78 is 27.2. The second kappa shape index (κ2) is 6.37. The molecule has 0 fully saturated rings. The highest BCUT2D eigenvalue weighted by Gasteiger charge is 2.11. The maximum absolute atomic E-state index is 13.3. The van der Waals surface area contributed by atoms with Gasteiger partial charge in [0.1, 0.15) is 11.6 Å². The molecule has 0 aromatic heterocycles. The summed E-state index contributed by atoms with van der Waals surface area (Å²) in [4.78, 5) is 11.5. The number of rotatable bonds is 4. The molecule has 6 heteroatoms. The summed E-state index contributed by atoms with van der Waals surface area (Å²) in [5.74, 6) is -1.97. The van der Waals surface area contributed by atoms with Gasteiger partial charge in [0, 0.05) is 15.1 Å². The number of carbonyl (C=O) groups is 1. The summed E-state index contributed by atoms with van der Waals surface area (Å²) >= 11 is 4.63. The van der Waals surface area contributed by atoms with Crippen molar-refractivity contribution in [1.29, 1.82) is 0 Å². The van der Waals surface area contributed by atoms with E-state index in [4.69, 9.17) is 5.11 Å². The van der Waals surface area contributed by atoms with Crippen molar-refractivity contribution in [2.24, 2.45) is 0 Å². The molecule has 0 bridgehead atoms. The second-order valence-electron chi connectivity index (χ2n) is 3.97. The van der Waals surface area contributed by atoms with Crippen LogP contribution < -0.4 is 0 Å². The zero-order valence-electron chi connectivity index (χ0n) is 10.1. The Morgan fingerprint density at radius 3 is 2.65 bits per heavy atom. The first kappa shape index (κ1) is 15.0. The fraction of sp³-hybridized carbons (Fsp3) is 0.0714. The maximum atomic E-state index is 13.3. The minimum atomic E-state index is -1.31. The van der Waals surface area contributed by atoms with Gasteiger partial charge in [0.05, 0.1) is 5.56 Å². The standard InChI is InChI=1S/C14H9BrF2O2S/c15-12-3-1-9(16)5-8(12)7-20-10-2-4-13(17)11(6-10)14(18)19/h1-6H,7H2,(H,18,19). The molecular weight excluding hydrogens is 350 g/mol. The van der Waals surface area contributed by atoms with Crippen molar-refractivity contribution in [3.63, 3.8) is 0 Å². The molecular formula is C14H9BrF2O2S. The zero-order chi connectivity index (χ0) is 14.7. The fourth-order valence-corrected chi connectivity index (χ4v) is 3.07. The predicted octanol–water partition coefficient (Wildman–Crippen LogP) is 4.72. The first-order chi connectivity index (χ1) is 9.47. The van der Waals surface area contributed by atoms with Gasteiger partial charge < -0.3 is 5.11 Å². The molecule has 20 heavy (non-hydrogen) atoms. The van der Waals surface area contributed by atoms with E-state index in [-0.39, 0.29) is 11.4 Å². The van der Waals surface area contributed by atoms with Crippen LogP contribution in [0.4, 0.5) is 8.78 Å². The molecule has 0 spiro atoms.